The molecule has 4 nitrogen and oxygen atoms in total. The Balaban J connectivity index is 2.63. The number of hydrogen-bond acceptors (Lipinski definition) is 4. The Labute approximate surface area is 137 Å². The van der Waals surface area contributed by atoms with E-state index in [1.165, 1.54) is 0 Å². The summed E-state index contributed by atoms with van der Waals surface area (Å²) in [6.45, 7) is 10.1. The highest BCUT2D eigenvalue weighted by Crippen LogP contribution is 2.32. The predicted octanol–water partition coefficient (Wildman–Crippen LogP) is 3.18. The lowest BCUT2D eigenvalue weighted by atomic mass is 9.97. The number of hydrogen-bond donors (Lipinski definition) is 1. The van der Waals surface area contributed by atoms with Crippen molar-refractivity contribution in [3.63, 3.8) is 0 Å². The highest BCUT2D eigenvalue weighted by molar-refractivity contribution is 7.32. The van der Waals surface area contributed by atoms with E-state index in [-0.39, 0.29) is 18.1 Å². The Hall–Kier alpha value is -0.170. The molecule has 1 N–H and O–H groups in total. The van der Waals surface area contributed by atoms with Gasteiger partial charge in [0.2, 0.25) is 0 Å². The van der Waals surface area contributed by atoms with Crippen molar-refractivity contribution in [2.75, 3.05) is 13.3 Å². The molecular formula is C17H31O4P. The van der Waals surface area contributed by atoms with Gasteiger partial charge in [0.05, 0.1) is 6.10 Å². The number of aliphatic hydroxyl groups excluding tert-OH is 1. The zero-order valence-corrected chi connectivity index (χ0v) is 15.7. The summed E-state index contributed by atoms with van der Waals surface area (Å²) in [6, 6.07) is 0. The van der Waals surface area contributed by atoms with E-state index in [0.717, 1.165) is 19.0 Å². The lowest BCUT2D eigenvalue weighted by molar-refractivity contribution is -0.152. The molecule has 1 aliphatic rings. The Kier molecular flexibility index (Phi) is 8.32. The van der Waals surface area contributed by atoms with Gasteiger partial charge >= 0.3 is 0 Å². The molecule has 1 heterocycles. The fourth-order valence-corrected chi connectivity index (χ4v) is 3.25. The predicted molar refractivity (Wildman–Crippen MR) is 91.0 cm³/mol. The van der Waals surface area contributed by atoms with E-state index in [1.807, 2.05) is 13.8 Å². The molecule has 1 fully saturated rings. The summed E-state index contributed by atoms with van der Waals surface area (Å²) in [5.41, 5.74) is 0. The summed E-state index contributed by atoms with van der Waals surface area (Å²) in [6.07, 6.45) is 1.59. The van der Waals surface area contributed by atoms with Gasteiger partial charge in [-0.2, -0.15) is 0 Å². The lowest BCUT2D eigenvalue weighted by Crippen LogP contribution is -2.34. The molecule has 1 saturated heterocycles. The van der Waals surface area contributed by atoms with Crippen molar-refractivity contribution in [3.8, 4) is 11.8 Å². The molecule has 2 unspecified atom stereocenters. The van der Waals surface area contributed by atoms with Crippen LogP contribution in [0.2, 0.25) is 0 Å². The van der Waals surface area contributed by atoms with E-state index >= 15 is 0 Å². The van der Waals surface area contributed by atoms with Crippen LogP contribution in [0.1, 0.15) is 47.5 Å². The maximum atomic E-state index is 10.4. The second kappa shape index (κ2) is 9.21. The minimum atomic E-state index is -0.808. The molecule has 0 aromatic rings. The van der Waals surface area contributed by atoms with Gasteiger partial charge in [-0.05, 0) is 32.3 Å². The molecule has 1 rings (SSSR count). The van der Waals surface area contributed by atoms with Gasteiger partial charge < -0.3 is 19.1 Å². The standard InChI is InChI=1S/C17H31O4P/c1-7-8-15-16(21-17(4,5)20-15)14(18)10-9-12(2)13(3)11-22-19-6/h12-16,18,22H,7-8,11H2,1-6H3/t12-,13-,14?,15-,16+/m0/s1. The molecule has 6 atom stereocenters. The Bertz CT molecular complexity index is 388. The minimum Gasteiger partial charge on any atom is -0.378 e. The maximum absolute atomic E-state index is 10.4. The van der Waals surface area contributed by atoms with Gasteiger partial charge in [-0.25, -0.2) is 0 Å². The van der Waals surface area contributed by atoms with E-state index < -0.39 is 11.9 Å². The van der Waals surface area contributed by atoms with E-state index in [2.05, 4.69) is 32.6 Å². The van der Waals surface area contributed by atoms with Crippen molar-refractivity contribution in [1.82, 2.24) is 0 Å². The van der Waals surface area contributed by atoms with Crippen LogP contribution in [0.3, 0.4) is 0 Å². The van der Waals surface area contributed by atoms with Crippen molar-refractivity contribution in [2.45, 2.75) is 71.6 Å². The summed E-state index contributed by atoms with van der Waals surface area (Å²) >= 11 is 0. The van der Waals surface area contributed by atoms with Gasteiger partial charge in [-0.3, -0.25) is 0 Å². The molecule has 0 spiro atoms. The van der Waals surface area contributed by atoms with Crippen molar-refractivity contribution in [3.05, 3.63) is 0 Å². The van der Waals surface area contributed by atoms with Crippen LogP contribution in [0.25, 0.3) is 0 Å². The second-order valence-electron chi connectivity index (χ2n) is 6.48. The molecule has 0 bridgehead atoms. The van der Waals surface area contributed by atoms with Crippen molar-refractivity contribution in [1.29, 1.82) is 0 Å². The zero-order chi connectivity index (χ0) is 16.8. The number of ether oxygens (including phenoxy) is 2. The Morgan fingerprint density at radius 1 is 1.27 bits per heavy atom. The van der Waals surface area contributed by atoms with E-state index in [4.69, 9.17) is 14.0 Å². The van der Waals surface area contributed by atoms with Crippen LogP contribution < -0.4 is 0 Å². The molecule has 1 aliphatic heterocycles. The van der Waals surface area contributed by atoms with Crippen LogP contribution in [0.15, 0.2) is 0 Å². The van der Waals surface area contributed by atoms with E-state index in [0.29, 0.717) is 14.7 Å². The Morgan fingerprint density at radius 2 is 1.95 bits per heavy atom. The highest BCUT2D eigenvalue weighted by Gasteiger charge is 2.43. The normalized spacial score (nSPS) is 28.3. The first-order chi connectivity index (χ1) is 10.3. The summed E-state index contributed by atoms with van der Waals surface area (Å²) in [7, 11) is 2.23. The maximum Gasteiger partial charge on any atom is 0.163 e. The van der Waals surface area contributed by atoms with Crippen LogP contribution in [-0.2, 0) is 14.0 Å². The monoisotopic (exact) mass is 330 g/mol. The summed E-state index contributed by atoms with van der Waals surface area (Å²) in [4.78, 5) is 0. The first-order valence-corrected chi connectivity index (χ1v) is 9.22. The third-order valence-electron chi connectivity index (χ3n) is 3.97. The molecule has 128 valence electrons. The van der Waals surface area contributed by atoms with E-state index in [9.17, 15) is 5.11 Å². The van der Waals surface area contributed by atoms with Crippen molar-refractivity contribution < 1.29 is 19.1 Å². The molecule has 0 radical (unpaired) electrons. The second-order valence-corrected chi connectivity index (χ2v) is 7.58. The highest BCUT2D eigenvalue weighted by atomic mass is 31.1. The van der Waals surface area contributed by atoms with Crippen LogP contribution in [0.4, 0.5) is 0 Å². The summed E-state index contributed by atoms with van der Waals surface area (Å²) < 4.78 is 16.8. The van der Waals surface area contributed by atoms with Gasteiger partial charge in [0.15, 0.2) is 5.79 Å². The van der Waals surface area contributed by atoms with Gasteiger partial charge in [0, 0.05) is 21.8 Å². The molecule has 22 heavy (non-hydrogen) atoms. The molecule has 0 aromatic heterocycles. The average molecular weight is 330 g/mol. The van der Waals surface area contributed by atoms with Gasteiger partial charge in [-0.15, -0.1) is 0 Å². The first kappa shape index (κ1) is 19.9. The quantitative estimate of drug-likeness (QED) is 0.575. The fourth-order valence-electron chi connectivity index (χ4n) is 2.47. The zero-order valence-electron chi connectivity index (χ0n) is 14.7. The van der Waals surface area contributed by atoms with Gasteiger partial charge in [0.1, 0.15) is 12.2 Å². The molecule has 0 saturated carbocycles. The topological polar surface area (TPSA) is 47.9 Å². The Morgan fingerprint density at radius 3 is 2.55 bits per heavy atom. The van der Waals surface area contributed by atoms with Gasteiger partial charge in [-0.1, -0.05) is 39.0 Å². The first-order valence-electron chi connectivity index (χ1n) is 8.11. The largest absolute Gasteiger partial charge is 0.378 e. The third kappa shape index (κ3) is 6.14. The molecular weight excluding hydrogens is 299 g/mol. The average Bonchev–Trinajstić information content (AvgIpc) is 2.77. The number of aliphatic hydroxyl groups is 1. The molecule has 0 aliphatic carbocycles. The van der Waals surface area contributed by atoms with E-state index in [1.54, 1.807) is 7.11 Å². The smallest absolute Gasteiger partial charge is 0.163 e. The minimum absolute atomic E-state index is 0.0907. The van der Waals surface area contributed by atoms with Crippen LogP contribution in [-0.4, -0.2) is 42.5 Å². The summed E-state index contributed by atoms with van der Waals surface area (Å²) in [5.74, 6) is 6.16. The molecule has 0 amide bonds. The molecule has 5 heteroatoms. The van der Waals surface area contributed by atoms with Gasteiger partial charge in [0.25, 0.3) is 0 Å². The van der Waals surface area contributed by atoms with Crippen LogP contribution in [0.5, 0.6) is 0 Å². The van der Waals surface area contributed by atoms with Crippen LogP contribution >= 0.6 is 8.81 Å². The SMILES string of the molecule is CCC[C@@H]1OC(C)(C)O[C@@H]1C(O)C#C[C@H](C)[C@@H](C)CPOC. The fraction of sp³-hybridized carbons (Fsp3) is 0.882. The molecule has 0 aromatic carbocycles. The number of rotatable bonds is 7. The third-order valence-corrected chi connectivity index (χ3v) is 5.07. The lowest BCUT2D eigenvalue weighted by Gasteiger charge is -2.19. The van der Waals surface area contributed by atoms with Crippen LogP contribution in [0, 0.1) is 23.7 Å². The van der Waals surface area contributed by atoms with Crippen molar-refractivity contribution in [2.24, 2.45) is 11.8 Å². The summed E-state index contributed by atoms with van der Waals surface area (Å²) in [5, 5.41) is 10.4. The van der Waals surface area contributed by atoms with Crippen molar-refractivity contribution >= 4 is 8.81 Å².